The highest BCUT2D eigenvalue weighted by atomic mass is 19.1. The van der Waals surface area contributed by atoms with E-state index in [-0.39, 0.29) is 24.2 Å². The van der Waals surface area contributed by atoms with E-state index >= 15 is 0 Å². The first-order valence-electron chi connectivity index (χ1n) is 7.74. The molecule has 0 unspecified atom stereocenters. The molecule has 2 rings (SSSR count). The third-order valence-electron chi connectivity index (χ3n) is 3.80. The van der Waals surface area contributed by atoms with E-state index in [0.29, 0.717) is 6.54 Å². The van der Waals surface area contributed by atoms with Gasteiger partial charge in [0.05, 0.1) is 0 Å². The molecule has 2 N–H and O–H groups in total. The van der Waals surface area contributed by atoms with Crippen LogP contribution in [0.3, 0.4) is 0 Å². The largest absolute Gasteiger partial charge is 0.351 e. The second-order valence-electron chi connectivity index (χ2n) is 6.10. The molecule has 4 nitrogen and oxygen atoms in total. The van der Waals surface area contributed by atoms with Crippen molar-refractivity contribution in [2.24, 2.45) is 5.41 Å². The summed E-state index contributed by atoms with van der Waals surface area (Å²) in [6.07, 6.45) is 0. The lowest BCUT2D eigenvalue weighted by atomic mass is 9.91. The van der Waals surface area contributed by atoms with Gasteiger partial charge in [-0.2, -0.15) is 0 Å². The molecule has 2 aromatic carbocycles. The normalized spacial score (nSPS) is 11.0. The van der Waals surface area contributed by atoms with Gasteiger partial charge < -0.3 is 10.6 Å². The van der Waals surface area contributed by atoms with Crippen molar-refractivity contribution in [2.75, 3.05) is 0 Å². The predicted molar refractivity (Wildman–Crippen MR) is 90.3 cm³/mol. The minimum absolute atomic E-state index is 0.245. The number of amides is 2. The second-order valence-corrected chi connectivity index (χ2v) is 6.10. The molecule has 126 valence electrons. The smallest absolute Gasteiger partial charge is 0.235 e. The van der Waals surface area contributed by atoms with Crippen molar-refractivity contribution >= 4 is 11.8 Å². The Balaban J connectivity index is 1.88. The molecule has 0 heterocycles. The Morgan fingerprint density at radius 2 is 1.29 bits per heavy atom. The SMILES string of the molecule is CC(C)(C(=O)NCc1ccccc1)C(=O)NCc1ccc(F)cc1. The summed E-state index contributed by atoms with van der Waals surface area (Å²) in [7, 11) is 0. The summed E-state index contributed by atoms with van der Waals surface area (Å²) < 4.78 is 12.9. The number of hydrogen-bond acceptors (Lipinski definition) is 2. The van der Waals surface area contributed by atoms with E-state index in [9.17, 15) is 14.0 Å². The quantitative estimate of drug-likeness (QED) is 0.801. The van der Waals surface area contributed by atoms with Crippen LogP contribution in [0, 0.1) is 11.2 Å². The number of nitrogens with one attached hydrogen (secondary N) is 2. The molecule has 0 atom stereocenters. The summed E-state index contributed by atoms with van der Waals surface area (Å²) >= 11 is 0. The highest BCUT2D eigenvalue weighted by Crippen LogP contribution is 2.16. The zero-order valence-corrected chi connectivity index (χ0v) is 13.8. The van der Waals surface area contributed by atoms with Crippen LogP contribution < -0.4 is 10.6 Å². The lowest BCUT2D eigenvalue weighted by Gasteiger charge is -2.22. The molecular weight excluding hydrogens is 307 g/mol. The van der Waals surface area contributed by atoms with Gasteiger partial charge in [-0.15, -0.1) is 0 Å². The molecule has 2 amide bonds. The van der Waals surface area contributed by atoms with Gasteiger partial charge in [0.25, 0.3) is 0 Å². The fourth-order valence-corrected chi connectivity index (χ4v) is 2.11. The maximum Gasteiger partial charge on any atom is 0.235 e. The molecule has 5 heteroatoms. The zero-order chi connectivity index (χ0) is 17.6. The second kappa shape index (κ2) is 7.73. The van der Waals surface area contributed by atoms with Crippen molar-refractivity contribution < 1.29 is 14.0 Å². The molecule has 0 saturated carbocycles. The Morgan fingerprint density at radius 1 is 0.833 bits per heavy atom. The maximum atomic E-state index is 12.9. The molecule has 24 heavy (non-hydrogen) atoms. The average Bonchev–Trinajstić information content (AvgIpc) is 2.59. The number of halogens is 1. The Morgan fingerprint density at radius 3 is 1.79 bits per heavy atom. The number of carbonyl (C=O) groups excluding carboxylic acids is 2. The van der Waals surface area contributed by atoms with Gasteiger partial charge >= 0.3 is 0 Å². The van der Waals surface area contributed by atoms with Crippen LogP contribution in [0.25, 0.3) is 0 Å². The van der Waals surface area contributed by atoms with Crippen molar-refractivity contribution in [3.8, 4) is 0 Å². The molecule has 0 saturated heterocycles. The van der Waals surface area contributed by atoms with Crippen LogP contribution in [0.1, 0.15) is 25.0 Å². The fraction of sp³-hybridized carbons (Fsp3) is 0.263. The van der Waals surface area contributed by atoms with E-state index in [0.717, 1.165) is 11.1 Å². The topological polar surface area (TPSA) is 58.2 Å². The van der Waals surface area contributed by atoms with Gasteiger partial charge in [0.15, 0.2) is 0 Å². The minimum atomic E-state index is -1.20. The number of hydrogen-bond donors (Lipinski definition) is 2. The molecule has 2 aromatic rings. The van der Waals surface area contributed by atoms with Crippen LogP contribution in [-0.2, 0) is 22.7 Å². The van der Waals surface area contributed by atoms with Gasteiger partial charge in [0.1, 0.15) is 11.2 Å². The zero-order valence-electron chi connectivity index (χ0n) is 13.8. The summed E-state index contributed by atoms with van der Waals surface area (Å²) in [5.74, 6) is -1.05. The number of benzene rings is 2. The molecular formula is C19H21FN2O2. The van der Waals surface area contributed by atoms with Crippen molar-refractivity contribution in [1.82, 2.24) is 10.6 Å². The van der Waals surface area contributed by atoms with Crippen LogP contribution in [0.2, 0.25) is 0 Å². The molecule has 0 aliphatic carbocycles. The molecule has 0 fully saturated rings. The third kappa shape index (κ3) is 4.65. The highest BCUT2D eigenvalue weighted by Gasteiger charge is 2.35. The Kier molecular flexibility index (Phi) is 5.68. The molecule has 0 bridgehead atoms. The highest BCUT2D eigenvalue weighted by molar-refractivity contribution is 6.04. The van der Waals surface area contributed by atoms with Gasteiger partial charge in [0, 0.05) is 13.1 Å². The standard InChI is InChI=1S/C19H21FN2O2/c1-19(2,17(23)21-12-14-6-4-3-5-7-14)18(24)22-13-15-8-10-16(20)11-9-15/h3-11H,12-13H2,1-2H3,(H,21,23)(H,22,24). The molecule has 0 spiro atoms. The summed E-state index contributed by atoms with van der Waals surface area (Å²) in [6, 6.07) is 15.3. The lowest BCUT2D eigenvalue weighted by Crippen LogP contribution is -2.47. The first-order chi connectivity index (χ1) is 11.4. The Bertz CT molecular complexity index is 697. The Hall–Kier alpha value is -2.69. The van der Waals surface area contributed by atoms with Crippen LogP contribution in [0.5, 0.6) is 0 Å². The third-order valence-corrected chi connectivity index (χ3v) is 3.80. The van der Waals surface area contributed by atoms with E-state index in [4.69, 9.17) is 0 Å². The van der Waals surface area contributed by atoms with Gasteiger partial charge in [-0.3, -0.25) is 9.59 Å². The Labute approximate surface area is 141 Å². The van der Waals surface area contributed by atoms with E-state index in [1.807, 2.05) is 30.3 Å². The number of carbonyl (C=O) groups is 2. The first-order valence-corrected chi connectivity index (χ1v) is 7.74. The van der Waals surface area contributed by atoms with E-state index in [1.54, 1.807) is 26.0 Å². The van der Waals surface area contributed by atoms with Gasteiger partial charge in [-0.05, 0) is 37.1 Å². The summed E-state index contributed by atoms with van der Waals surface area (Å²) in [5, 5.41) is 5.49. The van der Waals surface area contributed by atoms with E-state index < -0.39 is 5.41 Å². The van der Waals surface area contributed by atoms with Crippen LogP contribution in [0.4, 0.5) is 4.39 Å². The minimum Gasteiger partial charge on any atom is -0.351 e. The van der Waals surface area contributed by atoms with E-state index in [1.165, 1.54) is 12.1 Å². The summed E-state index contributed by atoms with van der Waals surface area (Å²) in [5.41, 5.74) is 0.535. The summed E-state index contributed by atoms with van der Waals surface area (Å²) in [4.78, 5) is 24.6. The van der Waals surface area contributed by atoms with Crippen LogP contribution >= 0.6 is 0 Å². The van der Waals surface area contributed by atoms with Crippen LogP contribution in [0.15, 0.2) is 54.6 Å². The number of rotatable bonds is 6. The van der Waals surface area contributed by atoms with Crippen molar-refractivity contribution in [2.45, 2.75) is 26.9 Å². The first kappa shape index (κ1) is 17.7. The lowest BCUT2D eigenvalue weighted by molar-refractivity contribution is -0.141. The van der Waals surface area contributed by atoms with Gasteiger partial charge in [-0.25, -0.2) is 4.39 Å². The van der Waals surface area contributed by atoms with Gasteiger partial charge in [0.2, 0.25) is 11.8 Å². The molecule has 0 aliphatic rings. The average molecular weight is 328 g/mol. The fourth-order valence-electron chi connectivity index (χ4n) is 2.11. The predicted octanol–water partition coefficient (Wildman–Crippen LogP) is 2.78. The maximum absolute atomic E-state index is 12.9. The van der Waals surface area contributed by atoms with E-state index in [2.05, 4.69) is 10.6 Å². The van der Waals surface area contributed by atoms with Crippen molar-refractivity contribution in [3.63, 3.8) is 0 Å². The van der Waals surface area contributed by atoms with Crippen molar-refractivity contribution in [3.05, 3.63) is 71.5 Å². The molecule has 0 aliphatic heterocycles. The van der Waals surface area contributed by atoms with Gasteiger partial charge in [-0.1, -0.05) is 42.5 Å². The molecule has 0 radical (unpaired) electrons. The van der Waals surface area contributed by atoms with Crippen molar-refractivity contribution in [1.29, 1.82) is 0 Å². The monoisotopic (exact) mass is 328 g/mol. The van der Waals surface area contributed by atoms with Crippen LogP contribution in [-0.4, -0.2) is 11.8 Å². The molecule has 0 aromatic heterocycles. The summed E-state index contributed by atoms with van der Waals surface area (Å²) in [6.45, 7) is 3.77.